The molecule has 30 heavy (non-hydrogen) atoms. The highest BCUT2D eigenvalue weighted by molar-refractivity contribution is 5.92. The second-order valence-corrected chi connectivity index (χ2v) is 7.88. The normalized spacial score (nSPS) is 11.4. The Morgan fingerprint density at radius 1 is 1.10 bits per heavy atom. The van der Waals surface area contributed by atoms with Crippen molar-refractivity contribution in [1.82, 2.24) is 30.0 Å². The first kappa shape index (κ1) is 19.5. The Balaban J connectivity index is 1.57. The summed E-state index contributed by atoms with van der Waals surface area (Å²) < 4.78 is 7.14. The number of imidazole rings is 1. The summed E-state index contributed by atoms with van der Waals surface area (Å²) in [7, 11) is 0. The van der Waals surface area contributed by atoms with E-state index in [1.54, 1.807) is 29.4 Å². The monoisotopic (exact) mass is 402 g/mol. The molecule has 0 fully saturated rings. The summed E-state index contributed by atoms with van der Waals surface area (Å²) in [5.41, 5.74) is 1.74. The van der Waals surface area contributed by atoms with Crippen molar-refractivity contribution in [2.75, 3.05) is 0 Å². The topological polar surface area (TPSA) is 98.7 Å². The van der Waals surface area contributed by atoms with Crippen LogP contribution in [0.25, 0.3) is 17.3 Å². The van der Waals surface area contributed by atoms with Gasteiger partial charge in [0.15, 0.2) is 11.6 Å². The zero-order valence-corrected chi connectivity index (χ0v) is 17.0. The molecule has 0 bridgehead atoms. The lowest BCUT2D eigenvalue weighted by Gasteiger charge is -2.11. The minimum atomic E-state index is -0.261. The van der Waals surface area contributed by atoms with Gasteiger partial charge in [-0.2, -0.15) is 4.98 Å². The van der Waals surface area contributed by atoms with Gasteiger partial charge in [-0.25, -0.2) is 9.97 Å². The van der Waals surface area contributed by atoms with Crippen LogP contribution in [0.2, 0.25) is 0 Å². The third kappa shape index (κ3) is 4.12. The molecule has 0 radical (unpaired) electrons. The van der Waals surface area contributed by atoms with E-state index in [0.29, 0.717) is 35.3 Å². The first-order chi connectivity index (χ1) is 14.4. The van der Waals surface area contributed by atoms with Gasteiger partial charge >= 0.3 is 0 Å². The lowest BCUT2D eigenvalue weighted by molar-refractivity contribution is 0.0946. The molecule has 152 valence electrons. The maximum atomic E-state index is 12.5. The van der Waals surface area contributed by atoms with Crippen molar-refractivity contribution in [2.45, 2.75) is 32.7 Å². The standard InChI is InChI=1S/C22H22N6O2/c1-22(2,3)21-26-20(30-27-21)16-10-7-11-23-18(16)28-13-17(25-14-28)19(29)24-12-15-8-5-4-6-9-15/h4-11,13-14H,12H2,1-3H3,(H,24,29). The van der Waals surface area contributed by atoms with E-state index in [4.69, 9.17) is 4.52 Å². The molecule has 1 aromatic carbocycles. The predicted molar refractivity (Wildman–Crippen MR) is 111 cm³/mol. The fourth-order valence-corrected chi connectivity index (χ4v) is 2.83. The van der Waals surface area contributed by atoms with Crippen LogP contribution in [0.15, 0.2) is 65.7 Å². The van der Waals surface area contributed by atoms with Crippen LogP contribution >= 0.6 is 0 Å². The molecular weight excluding hydrogens is 380 g/mol. The Kier molecular flexibility index (Phi) is 5.14. The predicted octanol–water partition coefficient (Wildman–Crippen LogP) is 3.54. The van der Waals surface area contributed by atoms with Gasteiger partial charge in [0.25, 0.3) is 11.8 Å². The lowest BCUT2D eigenvalue weighted by atomic mass is 9.96. The number of pyridine rings is 1. The third-order valence-corrected chi connectivity index (χ3v) is 4.47. The molecule has 0 aliphatic rings. The summed E-state index contributed by atoms with van der Waals surface area (Å²) in [6.07, 6.45) is 4.84. The average molecular weight is 402 g/mol. The number of rotatable bonds is 5. The van der Waals surface area contributed by atoms with E-state index in [-0.39, 0.29) is 11.3 Å². The first-order valence-corrected chi connectivity index (χ1v) is 9.58. The molecule has 4 rings (SSSR count). The van der Waals surface area contributed by atoms with Gasteiger partial charge in [-0.3, -0.25) is 9.36 Å². The van der Waals surface area contributed by atoms with Crippen molar-refractivity contribution in [3.8, 4) is 17.3 Å². The van der Waals surface area contributed by atoms with Crippen molar-refractivity contribution in [3.63, 3.8) is 0 Å². The molecule has 0 atom stereocenters. The Morgan fingerprint density at radius 2 is 1.90 bits per heavy atom. The van der Waals surface area contributed by atoms with Crippen LogP contribution in [0.5, 0.6) is 0 Å². The van der Waals surface area contributed by atoms with Gasteiger partial charge < -0.3 is 9.84 Å². The minimum Gasteiger partial charge on any atom is -0.347 e. The van der Waals surface area contributed by atoms with Crippen molar-refractivity contribution < 1.29 is 9.32 Å². The Labute approximate surface area is 174 Å². The van der Waals surface area contributed by atoms with Gasteiger partial charge in [-0.1, -0.05) is 56.3 Å². The van der Waals surface area contributed by atoms with Crippen LogP contribution in [-0.2, 0) is 12.0 Å². The minimum absolute atomic E-state index is 0.233. The number of carbonyl (C=O) groups excluding carboxylic acids is 1. The summed E-state index contributed by atoms with van der Waals surface area (Å²) in [5, 5.41) is 6.95. The number of carbonyl (C=O) groups is 1. The number of amides is 1. The molecule has 0 unspecified atom stereocenters. The maximum Gasteiger partial charge on any atom is 0.271 e. The summed E-state index contributed by atoms with van der Waals surface area (Å²) in [5.74, 6) is 1.27. The third-order valence-electron chi connectivity index (χ3n) is 4.47. The summed E-state index contributed by atoms with van der Waals surface area (Å²) in [6, 6.07) is 13.3. The molecule has 1 N–H and O–H groups in total. The molecular formula is C22H22N6O2. The second kappa shape index (κ2) is 7.90. The fraction of sp³-hybridized carbons (Fsp3) is 0.227. The molecule has 3 aromatic heterocycles. The van der Waals surface area contributed by atoms with E-state index < -0.39 is 0 Å². The summed E-state index contributed by atoms with van der Waals surface area (Å²) in [4.78, 5) is 25.6. The van der Waals surface area contributed by atoms with Gasteiger partial charge in [-0.05, 0) is 17.7 Å². The number of hydrogen-bond acceptors (Lipinski definition) is 6. The van der Waals surface area contributed by atoms with Crippen LogP contribution in [0.1, 0.15) is 42.6 Å². The SMILES string of the molecule is CC(C)(C)c1noc(-c2cccnc2-n2cnc(C(=O)NCc3ccccc3)c2)n1. The molecule has 0 saturated carbocycles. The number of hydrogen-bond donors (Lipinski definition) is 1. The van der Waals surface area contributed by atoms with E-state index in [1.807, 2.05) is 57.2 Å². The highest BCUT2D eigenvalue weighted by Crippen LogP contribution is 2.27. The van der Waals surface area contributed by atoms with Crippen molar-refractivity contribution in [2.24, 2.45) is 0 Å². The number of nitrogens with zero attached hydrogens (tertiary/aromatic N) is 5. The van der Waals surface area contributed by atoms with Gasteiger partial charge in [-0.15, -0.1) is 0 Å². The number of aromatic nitrogens is 5. The zero-order chi connectivity index (χ0) is 21.1. The summed E-state index contributed by atoms with van der Waals surface area (Å²) >= 11 is 0. The quantitative estimate of drug-likeness (QED) is 0.548. The number of benzene rings is 1. The van der Waals surface area contributed by atoms with Gasteiger partial charge in [0.1, 0.15) is 12.0 Å². The fourth-order valence-electron chi connectivity index (χ4n) is 2.83. The largest absolute Gasteiger partial charge is 0.347 e. The Morgan fingerprint density at radius 3 is 2.63 bits per heavy atom. The van der Waals surface area contributed by atoms with Crippen LogP contribution in [-0.4, -0.2) is 30.6 Å². The molecule has 4 aromatic rings. The van der Waals surface area contributed by atoms with Crippen molar-refractivity contribution >= 4 is 5.91 Å². The van der Waals surface area contributed by atoms with Gasteiger partial charge in [0, 0.05) is 24.4 Å². The molecule has 0 aliphatic heterocycles. The van der Waals surface area contributed by atoms with Crippen LogP contribution in [0.3, 0.4) is 0 Å². The van der Waals surface area contributed by atoms with Gasteiger partial charge in [0.2, 0.25) is 0 Å². The summed E-state index contributed by atoms with van der Waals surface area (Å²) in [6.45, 7) is 6.48. The van der Waals surface area contributed by atoms with E-state index in [9.17, 15) is 4.79 Å². The molecule has 0 spiro atoms. The smallest absolute Gasteiger partial charge is 0.271 e. The Bertz CT molecular complexity index is 1160. The first-order valence-electron chi connectivity index (χ1n) is 9.58. The second-order valence-electron chi connectivity index (χ2n) is 7.88. The molecule has 8 heteroatoms. The van der Waals surface area contributed by atoms with Crippen LogP contribution < -0.4 is 5.32 Å². The highest BCUT2D eigenvalue weighted by atomic mass is 16.5. The van der Waals surface area contributed by atoms with Crippen molar-refractivity contribution in [3.05, 3.63) is 78.3 Å². The highest BCUT2D eigenvalue weighted by Gasteiger charge is 2.23. The van der Waals surface area contributed by atoms with Crippen LogP contribution in [0, 0.1) is 0 Å². The van der Waals surface area contributed by atoms with E-state index >= 15 is 0 Å². The van der Waals surface area contributed by atoms with Crippen molar-refractivity contribution in [1.29, 1.82) is 0 Å². The van der Waals surface area contributed by atoms with Crippen LogP contribution in [0.4, 0.5) is 0 Å². The number of nitrogens with one attached hydrogen (secondary N) is 1. The Hall–Kier alpha value is -3.81. The molecule has 3 heterocycles. The molecule has 0 aliphatic carbocycles. The van der Waals surface area contributed by atoms with E-state index in [1.165, 1.54) is 0 Å². The molecule has 0 saturated heterocycles. The lowest BCUT2D eigenvalue weighted by Crippen LogP contribution is -2.23. The maximum absolute atomic E-state index is 12.5. The molecule has 8 nitrogen and oxygen atoms in total. The average Bonchev–Trinajstić information content (AvgIpc) is 3.42. The van der Waals surface area contributed by atoms with Gasteiger partial charge in [0.05, 0.1) is 5.56 Å². The zero-order valence-electron chi connectivity index (χ0n) is 17.0. The van der Waals surface area contributed by atoms with E-state index in [0.717, 1.165) is 5.56 Å². The van der Waals surface area contributed by atoms with E-state index in [2.05, 4.69) is 25.4 Å². The molecule has 1 amide bonds.